The Morgan fingerprint density at radius 3 is 2.54 bits per heavy atom. The quantitative estimate of drug-likeness (QED) is 0.485. The molecule has 0 atom stereocenters. The number of aryl methyl sites for hydroxylation is 1. The number of imidazole rings is 1. The molecule has 0 unspecified atom stereocenters. The summed E-state index contributed by atoms with van der Waals surface area (Å²) >= 11 is 0. The summed E-state index contributed by atoms with van der Waals surface area (Å²) in [6, 6.07) is 2.50. The maximum Gasteiger partial charge on any atom is 0.420 e. The van der Waals surface area contributed by atoms with Crippen molar-refractivity contribution in [3.8, 4) is 17.1 Å². The fraction of sp³-hybridized carbons (Fsp3) is 0.409. The first-order valence-corrected chi connectivity index (χ1v) is 12.9. The largest absolute Gasteiger partial charge is 0.420 e. The third kappa shape index (κ3) is 5.88. The maximum absolute atomic E-state index is 13.8. The predicted octanol–water partition coefficient (Wildman–Crippen LogP) is 2.25. The van der Waals surface area contributed by atoms with Gasteiger partial charge in [-0.05, 0) is 31.9 Å². The van der Waals surface area contributed by atoms with Crippen molar-refractivity contribution in [1.82, 2.24) is 34.1 Å². The molecule has 0 spiro atoms. The first-order chi connectivity index (χ1) is 18.5. The van der Waals surface area contributed by atoms with Gasteiger partial charge >= 0.3 is 6.18 Å². The molecule has 0 aromatic carbocycles. The van der Waals surface area contributed by atoms with Crippen LogP contribution in [0.3, 0.4) is 0 Å². The lowest BCUT2D eigenvalue weighted by Gasteiger charge is -2.30. The number of hydrogen-bond acceptors (Lipinski definition) is 8. The molecule has 3 aromatic heterocycles. The molecule has 37 heavy (non-hydrogen) atoms. The second-order valence-electron chi connectivity index (χ2n) is 8.46. The second kappa shape index (κ2) is 10.0. The van der Waals surface area contributed by atoms with E-state index in [1.807, 2.05) is 5.32 Å². The van der Waals surface area contributed by atoms with Gasteiger partial charge in [0.05, 0.1) is 17.6 Å². The molecule has 15 heteroatoms. The van der Waals surface area contributed by atoms with Gasteiger partial charge in [-0.25, -0.2) is 32.7 Å². The Morgan fingerprint density at radius 2 is 1.92 bits per heavy atom. The molecule has 2 N–H and O–H groups in total. The normalized spacial score (nSPS) is 17.1. The molecule has 0 aliphatic carbocycles. The van der Waals surface area contributed by atoms with Gasteiger partial charge in [-0.1, -0.05) is 0 Å². The van der Waals surface area contributed by atoms with Crippen LogP contribution in [0.2, 0.25) is 0 Å². The minimum Gasteiger partial charge on any atom is -0.354 e. The van der Waals surface area contributed by atoms with Crippen LogP contribution >= 0.6 is 0 Å². The van der Waals surface area contributed by atoms with Crippen LogP contribution in [-0.2, 0) is 16.2 Å². The SMILES string of the molecule is [2H]C([2H])([2H])NC(=O)c1ccc(-n2cnc(-c3nc(NC4CCN(S(C)(=O)=O)CC4)ncc3C(F)(F)F)c2)c(C)n1. The molecule has 3 aromatic rings. The molecule has 1 aliphatic rings. The monoisotopic (exact) mass is 541 g/mol. The third-order valence-electron chi connectivity index (χ3n) is 5.86. The maximum atomic E-state index is 13.8. The molecule has 4 heterocycles. The molecule has 11 nitrogen and oxygen atoms in total. The summed E-state index contributed by atoms with van der Waals surface area (Å²) in [5.41, 5.74) is -1.12. The first-order valence-electron chi connectivity index (χ1n) is 12.5. The van der Waals surface area contributed by atoms with Crippen molar-refractivity contribution in [2.75, 3.05) is 31.6 Å². The Labute approximate surface area is 215 Å². The van der Waals surface area contributed by atoms with Gasteiger partial charge in [0.15, 0.2) is 0 Å². The van der Waals surface area contributed by atoms with Crippen LogP contribution in [0.4, 0.5) is 19.1 Å². The van der Waals surface area contributed by atoms with Gasteiger partial charge in [0.2, 0.25) is 16.0 Å². The zero-order valence-corrected chi connectivity index (χ0v) is 20.6. The van der Waals surface area contributed by atoms with Crippen molar-refractivity contribution >= 4 is 21.9 Å². The Kier molecular flexibility index (Phi) is 6.14. The number of halogens is 3. The highest BCUT2D eigenvalue weighted by Crippen LogP contribution is 2.36. The Morgan fingerprint density at radius 1 is 1.19 bits per heavy atom. The zero-order valence-electron chi connectivity index (χ0n) is 22.7. The Balaban J connectivity index is 1.59. The Bertz CT molecular complexity index is 1520. The molecule has 1 fully saturated rings. The fourth-order valence-electron chi connectivity index (χ4n) is 3.96. The van der Waals surface area contributed by atoms with Gasteiger partial charge in [0.1, 0.15) is 29.0 Å². The number of nitrogens with one attached hydrogen (secondary N) is 2. The number of hydrogen-bond donors (Lipinski definition) is 2. The standard InChI is InChI=1S/C22H25F3N8O3S/c1-13-18(5-4-16(29-13)20(34)26-2)32-11-17(28-12-32)19-15(22(23,24)25)10-27-21(31-19)30-14-6-8-33(9-7-14)37(3,35)36/h4-5,10-12,14H,6-9H2,1-3H3,(H,26,34)(H,27,30,31)/i2D3. The molecule has 4 rings (SSSR count). The lowest BCUT2D eigenvalue weighted by molar-refractivity contribution is -0.137. The van der Waals surface area contributed by atoms with Gasteiger partial charge in [-0.3, -0.25) is 4.79 Å². The van der Waals surface area contributed by atoms with E-state index in [2.05, 4.69) is 25.3 Å². The van der Waals surface area contributed by atoms with Crippen LogP contribution in [0.1, 0.15) is 38.7 Å². The van der Waals surface area contributed by atoms with Crippen molar-refractivity contribution in [2.45, 2.75) is 32.0 Å². The van der Waals surface area contributed by atoms with Gasteiger partial charge in [0.25, 0.3) is 5.91 Å². The number of aromatic nitrogens is 5. The number of pyridine rings is 1. The van der Waals surface area contributed by atoms with E-state index < -0.39 is 40.3 Å². The highest BCUT2D eigenvalue weighted by atomic mass is 32.2. The summed E-state index contributed by atoms with van der Waals surface area (Å²) in [5.74, 6) is -0.961. The average Bonchev–Trinajstić information content (AvgIpc) is 3.32. The van der Waals surface area contributed by atoms with Crippen molar-refractivity contribution < 1.29 is 30.5 Å². The summed E-state index contributed by atoms with van der Waals surface area (Å²) in [7, 11) is -3.33. The molecule has 0 bridgehead atoms. The molecule has 0 saturated carbocycles. The number of rotatable bonds is 6. The summed E-state index contributed by atoms with van der Waals surface area (Å²) in [6.07, 6.45) is 0.445. The molecule has 1 saturated heterocycles. The van der Waals surface area contributed by atoms with E-state index in [9.17, 15) is 26.4 Å². The van der Waals surface area contributed by atoms with Gasteiger partial charge < -0.3 is 15.2 Å². The molecule has 1 amide bonds. The number of anilines is 1. The summed E-state index contributed by atoms with van der Waals surface area (Å²) in [4.78, 5) is 28.2. The fourth-order valence-corrected chi connectivity index (χ4v) is 4.84. The number of sulfonamides is 1. The molecular weight excluding hydrogens is 513 g/mol. The van der Waals surface area contributed by atoms with E-state index in [1.54, 1.807) is 6.92 Å². The highest BCUT2D eigenvalue weighted by molar-refractivity contribution is 7.88. The van der Waals surface area contributed by atoms with E-state index in [-0.39, 0.29) is 36.5 Å². The second-order valence-corrected chi connectivity index (χ2v) is 10.4. The third-order valence-corrected chi connectivity index (χ3v) is 7.16. The van der Waals surface area contributed by atoms with Crippen molar-refractivity contribution in [3.05, 3.63) is 47.8 Å². The van der Waals surface area contributed by atoms with E-state index in [0.29, 0.717) is 30.4 Å². The van der Waals surface area contributed by atoms with Crippen LogP contribution in [0.5, 0.6) is 0 Å². The van der Waals surface area contributed by atoms with Crippen LogP contribution in [-0.4, -0.2) is 75.5 Å². The van der Waals surface area contributed by atoms with Gasteiger partial charge in [0, 0.05) is 42.6 Å². The number of alkyl halides is 3. The number of carbonyl (C=O) groups excluding carboxylic acids is 1. The van der Waals surface area contributed by atoms with E-state index >= 15 is 0 Å². The van der Waals surface area contributed by atoms with Crippen molar-refractivity contribution in [3.63, 3.8) is 0 Å². The number of amides is 1. The predicted molar refractivity (Wildman–Crippen MR) is 129 cm³/mol. The van der Waals surface area contributed by atoms with Crippen molar-refractivity contribution in [1.29, 1.82) is 0 Å². The van der Waals surface area contributed by atoms with Crippen LogP contribution in [0.15, 0.2) is 30.9 Å². The number of carbonyl (C=O) groups is 1. The molecule has 0 radical (unpaired) electrons. The highest BCUT2D eigenvalue weighted by Gasteiger charge is 2.36. The topological polar surface area (TPSA) is 135 Å². The van der Waals surface area contributed by atoms with Crippen LogP contribution in [0.25, 0.3) is 17.1 Å². The van der Waals surface area contributed by atoms with E-state index in [1.165, 1.54) is 33.5 Å². The Hall–Kier alpha value is -3.59. The zero-order chi connectivity index (χ0) is 29.5. The van der Waals surface area contributed by atoms with E-state index in [0.717, 1.165) is 6.26 Å². The van der Waals surface area contributed by atoms with Gasteiger partial charge in [-0.2, -0.15) is 13.2 Å². The summed E-state index contributed by atoms with van der Waals surface area (Å²) in [6.45, 7) is -0.625. The van der Waals surface area contributed by atoms with Crippen molar-refractivity contribution in [2.24, 2.45) is 0 Å². The lowest BCUT2D eigenvalue weighted by atomic mass is 10.1. The number of nitrogens with zero attached hydrogens (tertiary/aromatic N) is 6. The molecular formula is C22H25F3N8O3S. The van der Waals surface area contributed by atoms with Gasteiger partial charge in [-0.15, -0.1) is 0 Å². The minimum absolute atomic E-state index is 0.0576. The summed E-state index contributed by atoms with van der Waals surface area (Å²) < 4.78 is 89.1. The lowest BCUT2D eigenvalue weighted by Crippen LogP contribution is -2.42. The molecule has 1 aliphatic heterocycles. The smallest absolute Gasteiger partial charge is 0.354 e. The first kappa shape index (κ1) is 22.6. The molecule has 198 valence electrons. The average molecular weight is 542 g/mol. The minimum atomic E-state index is -4.77. The van der Waals surface area contributed by atoms with Crippen LogP contribution in [0, 0.1) is 6.92 Å². The van der Waals surface area contributed by atoms with Crippen LogP contribution < -0.4 is 10.6 Å². The number of piperidine rings is 1. The van der Waals surface area contributed by atoms with E-state index in [4.69, 9.17) is 4.11 Å². The summed E-state index contributed by atoms with van der Waals surface area (Å²) in [5, 5.41) is 4.82.